The fourth-order valence-electron chi connectivity index (χ4n) is 3.95. The van der Waals surface area contributed by atoms with E-state index in [0.29, 0.717) is 5.92 Å². The number of benzene rings is 2. The van der Waals surface area contributed by atoms with E-state index in [1.807, 2.05) is 23.1 Å². The van der Waals surface area contributed by atoms with E-state index in [2.05, 4.69) is 37.3 Å². The molecule has 5 rings (SSSR count). The zero-order chi connectivity index (χ0) is 18.4. The summed E-state index contributed by atoms with van der Waals surface area (Å²) in [6.45, 7) is 3.68. The van der Waals surface area contributed by atoms with Crippen molar-refractivity contribution in [2.24, 2.45) is 0 Å². The van der Waals surface area contributed by atoms with E-state index in [0.717, 1.165) is 41.9 Å². The van der Waals surface area contributed by atoms with Gasteiger partial charge in [-0.2, -0.15) is 0 Å². The number of aromatic nitrogens is 1. The number of hydrogen-bond donors (Lipinski definition) is 0. The molecule has 5 heteroatoms. The predicted molar refractivity (Wildman–Crippen MR) is 114 cm³/mol. The molecule has 1 amide bonds. The number of thiazole rings is 1. The topological polar surface area (TPSA) is 33.2 Å². The van der Waals surface area contributed by atoms with Crippen molar-refractivity contribution in [3.05, 3.63) is 64.0 Å². The molecule has 3 heterocycles. The fourth-order valence-corrected chi connectivity index (χ4v) is 6.22. The van der Waals surface area contributed by atoms with Crippen LogP contribution >= 0.6 is 22.7 Å². The predicted octanol–water partition coefficient (Wildman–Crippen LogP) is 5.84. The molecule has 0 N–H and O–H groups in total. The molecule has 2 aromatic carbocycles. The van der Waals surface area contributed by atoms with Crippen LogP contribution in [0.5, 0.6) is 0 Å². The second-order valence-electron chi connectivity index (χ2n) is 7.16. The average molecular weight is 393 g/mol. The first-order chi connectivity index (χ1) is 13.2. The second-order valence-corrected chi connectivity index (χ2v) is 9.28. The smallest absolute Gasteiger partial charge is 0.264 e. The van der Waals surface area contributed by atoms with E-state index in [1.54, 1.807) is 22.7 Å². The minimum Gasteiger partial charge on any atom is -0.337 e. The number of fused-ring (bicyclic) bond motifs is 2. The van der Waals surface area contributed by atoms with Gasteiger partial charge in [0.05, 0.1) is 20.1 Å². The number of rotatable bonds is 2. The molecule has 0 spiro atoms. The van der Waals surface area contributed by atoms with Gasteiger partial charge in [-0.15, -0.1) is 22.7 Å². The third kappa shape index (κ3) is 2.95. The lowest BCUT2D eigenvalue weighted by Crippen LogP contribution is -2.39. The third-order valence-corrected chi connectivity index (χ3v) is 7.87. The Morgan fingerprint density at radius 3 is 2.67 bits per heavy atom. The van der Waals surface area contributed by atoms with Gasteiger partial charge in [-0.05, 0) is 48.9 Å². The summed E-state index contributed by atoms with van der Waals surface area (Å²) >= 11 is 3.40. The van der Waals surface area contributed by atoms with Crippen molar-refractivity contribution in [3.63, 3.8) is 0 Å². The molecule has 1 aliphatic rings. The minimum atomic E-state index is 0.180. The molecule has 4 aromatic rings. The molecule has 1 aliphatic heterocycles. The van der Waals surface area contributed by atoms with Crippen LogP contribution in [0.25, 0.3) is 20.3 Å². The summed E-state index contributed by atoms with van der Waals surface area (Å²) in [6, 6.07) is 16.6. The fraction of sp³-hybridized carbons (Fsp3) is 0.273. The molecular formula is C22H20N2OS2. The Kier molecular flexibility index (Phi) is 4.21. The van der Waals surface area contributed by atoms with Crippen LogP contribution in [-0.2, 0) is 0 Å². The number of hydrogen-bond acceptors (Lipinski definition) is 4. The van der Waals surface area contributed by atoms with Crippen LogP contribution in [0.2, 0.25) is 0 Å². The maximum absolute atomic E-state index is 13.3. The summed E-state index contributed by atoms with van der Waals surface area (Å²) in [7, 11) is 0. The number of thiophene rings is 1. The Hall–Kier alpha value is -2.24. The lowest BCUT2D eigenvalue weighted by molar-refractivity contribution is 0.0711. The van der Waals surface area contributed by atoms with Crippen LogP contribution in [-0.4, -0.2) is 28.9 Å². The zero-order valence-electron chi connectivity index (χ0n) is 15.1. The van der Waals surface area contributed by atoms with Gasteiger partial charge in [0.25, 0.3) is 5.91 Å². The van der Waals surface area contributed by atoms with Gasteiger partial charge in [0.15, 0.2) is 0 Å². The quantitative estimate of drug-likeness (QED) is 0.429. The number of likely N-dealkylation sites (tertiary alicyclic amines) is 1. The number of nitrogens with zero attached hydrogens (tertiary/aromatic N) is 2. The molecule has 0 bridgehead atoms. The molecule has 1 saturated heterocycles. The van der Waals surface area contributed by atoms with Crippen molar-refractivity contribution in [2.45, 2.75) is 25.7 Å². The Labute approximate surface area is 166 Å². The Morgan fingerprint density at radius 1 is 1.07 bits per heavy atom. The standard InChI is InChI=1S/C22H20N2OS2/c1-14-16-8-2-4-10-18(16)26-20(14)22(25)24-12-6-7-15(13-24)21-23-17-9-3-5-11-19(17)27-21/h2-5,8-11,15H,6-7,12-13H2,1H3/t15-/m0/s1. The lowest BCUT2D eigenvalue weighted by Gasteiger charge is -2.31. The summed E-state index contributed by atoms with van der Waals surface area (Å²) in [4.78, 5) is 21.0. The summed E-state index contributed by atoms with van der Waals surface area (Å²) in [5.41, 5.74) is 2.18. The highest BCUT2D eigenvalue weighted by molar-refractivity contribution is 7.21. The molecule has 136 valence electrons. The highest BCUT2D eigenvalue weighted by atomic mass is 32.1. The van der Waals surface area contributed by atoms with Gasteiger partial charge in [-0.1, -0.05) is 30.3 Å². The number of para-hydroxylation sites is 1. The molecule has 3 nitrogen and oxygen atoms in total. The molecule has 1 fully saturated rings. The summed E-state index contributed by atoms with van der Waals surface area (Å²) in [5.74, 6) is 0.522. The van der Waals surface area contributed by atoms with Crippen molar-refractivity contribution >= 4 is 48.9 Å². The van der Waals surface area contributed by atoms with Crippen LogP contribution in [0.15, 0.2) is 48.5 Å². The molecule has 1 atom stereocenters. The number of amides is 1. The van der Waals surface area contributed by atoms with Crippen molar-refractivity contribution in [1.82, 2.24) is 9.88 Å². The Morgan fingerprint density at radius 2 is 1.85 bits per heavy atom. The molecule has 0 unspecified atom stereocenters. The third-order valence-electron chi connectivity index (χ3n) is 5.41. The Bertz CT molecular complexity index is 1110. The first-order valence-corrected chi connectivity index (χ1v) is 11.0. The van der Waals surface area contributed by atoms with Gasteiger partial charge in [-0.3, -0.25) is 4.79 Å². The van der Waals surface area contributed by atoms with Gasteiger partial charge in [0.1, 0.15) is 0 Å². The SMILES string of the molecule is Cc1c(C(=O)N2CCC[C@H](c3nc4ccccc4s3)C2)sc2ccccc12. The molecular weight excluding hydrogens is 372 g/mol. The summed E-state index contributed by atoms with van der Waals surface area (Å²) < 4.78 is 2.43. The van der Waals surface area contributed by atoms with Crippen LogP contribution < -0.4 is 0 Å². The maximum atomic E-state index is 13.3. The molecule has 0 saturated carbocycles. The van der Waals surface area contributed by atoms with Crippen molar-refractivity contribution in [1.29, 1.82) is 0 Å². The molecule has 0 radical (unpaired) electrons. The van der Waals surface area contributed by atoms with Crippen LogP contribution in [0.4, 0.5) is 0 Å². The summed E-state index contributed by atoms with van der Waals surface area (Å²) in [5, 5.41) is 2.37. The summed E-state index contributed by atoms with van der Waals surface area (Å²) in [6.07, 6.45) is 2.14. The zero-order valence-corrected chi connectivity index (χ0v) is 16.8. The Balaban J connectivity index is 1.43. The maximum Gasteiger partial charge on any atom is 0.264 e. The van der Waals surface area contributed by atoms with E-state index >= 15 is 0 Å². The molecule has 27 heavy (non-hydrogen) atoms. The van der Waals surface area contributed by atoms with Gasteiger partial charge in [0, 0.05) is 23.7 Å². The second kappa shape index (κ2) is 6.73. The highest BCUT2D eigenvalue weighted by Crippen LogP contribution is 2.35. The normalized spacial score (nSPS) is 17.7. The average Bonchev–Trinajstić information content (AvgIpc) is 3.29. The first kappa shape index (κ1) is 16.9. The van der Waals surface area contributed by atoms with Crippen LogP contribution in [0.3, 0.4) is 0 Å². The van der Waals surface area contributed by atoms with Crippen LogP contribution in [0, 0.1) is 6.92 Å². The van der Waals surface area contributed by atoms with Crippen molar-refractivity contribution < 1.29 is 4.79 Å². The van der Waals surface area contributed by atoms with E-state index in [9.17, 15) is 4.79 Å². The number of carbonyl (C=O) groups excluding carboxylic acids is 1. The largest absolute Gasteiger partial charge is 0.337 e. The van der Waals surface area contributed by atoms with Gasteiger partial charge in [0.2, 0.25) is 0 Å². The number of carbonyl (C=O) groups is 1. The number of piperidine rings is 1. The number of aryl methyl sites for hydroxylation is 1. The lowest BCUT2D eigenvalue weighted by atomic mass is 9.98. The molecule has 2 aromatic heterocycles. The van der Waals surface area contributed by atoms with E-state index in [1.165, 1.54) is 19.8 Å². The van der Waals surface area contributed by atoms with E-state index < -0.39 is 0 Å². The van der Waals surface area contributed by atoms with Gasteiger partial charge >= 0.3 is 0 Å². The van der Waals surface area contributed by atoms with Gasteiger partial charge < -0.3 is 4.90 Å². The minimum absolute atomic E-state index is 0.180. The van der Waals surface area contributed by atoms with E-state index in [-0.39, 0.29) is 5.91 Å². The van der Waals surface area contributed by atoms with Crippen molar-refractivity contribution in [2.75, 3.05) is 13.1 Å². The van der Waals surface area contributed by atoms with Crippen molar-refractivity contribution in [3.8, 4) is 0 Å². The monoisotopic (exact) mass is 392 g/mol. The van der Waals surface area contributed by atoms with E-state index in [4.69, 9.17) is 4.98 Å². The highest BCUT2D eigenvalue weighted by Gasteiger charge is 2.29. The molecule has 0 aliphatic carbocycles. The first-order valence-electron chi connectivity index (χ1n) is 9.33. The van der Waals surface area contributed by atoms with Crippen LogP contribution in [0.1, 0.15) is 39.0 Å². The van der Waals surface area contributed by atoms with Gasteiger partial charge in [-0.25, -0.2) is 4.98 Å².